The molecule has 22 heavy (non-hydrogen) atoms. The normalized spacial score (nSPS) is 30.6. The summed E-state index contributed by atoms with van der Waals surface area (Å²) in [5.74, 6) is -0.0818. The third kappa shape index (κ3) is 2.45. The predicted molar refractivity (Wildman–Crippen MR) is 82.7 cm³/mol. The number of esters is 1. The van der Waals surface area contributed by atoms with Crippen molar-refractivity contribution in [3.63, 3.8) is 0 Å². The average molecular weight is 300 g/mol. The smallest absolute Gasteiger partial charge is 0.310 e. The number of carbonyl (C=O) groups is 1. The van der Waals surface area contributed by atoms with E-state index in [0.29, 0.717) is 11.7 Å². The van der Waals surface area contributed by atoms with Gasteiger partial charge in [-0.15, -0.1) is 0 Å². The molecule has 2 fully saturated rings. The van der Waals surface area contributed by atoms with E-state index >= 15 is 0 Å². The average Bonchev–Trinajstić information content (AvgIpc) is 2.77. The summed E-state index contributed by atoms with van der Waals surface area (Å²) >= 11 is 0. The van der Waals surface area contributed by atoms with Gasteiger partial charge in [-0.1, -0.05) is 29.4 Å². The molecule has 1 aromatic carbocycles. The molecule has 116 valence electrons. The summed E-state index contributed by atoms with van der Waals surface area (Å²) in [7, 11) is 3.57. The van der Waals surface area contributed by atoms with Crippen molar-refractivity contribution in [1.29, 1.82) is 0 Å². The Morgan fingerprint density at radius 2 is 2.09 bits per heavy atom. The molecular formula is C16H20N4O2. The van der Waals surface area contributed by atoms with E-state index in [0.717, 1.165) is 24.8 Å². The van der Waals surface area contributed by atoms with Gasteiger partial charge >= 0.3 is 5.97 Å². The highest BCUT2D eigenvalue weighted by Crippen LogP contribution is 2.46. The Bertz CT molecular complexity index is 609. The molecule has 3 rings (SSSR count). The molecule has 0 aliphatic carbocycles. The quantitative estimate of drug-likeness (QED) is 0.371. The maximum atomic E-state index is 12.3. The first-order valence-electron chi connectivity index (χ1n) is 7.60. The molecule has 1 aromatic rings. The van der Waals surface area contributed by atoms with Gasteiger partial charge in [0.25, 0.3) is 0 Å². The number of nitrogens with zero attached hydrogens (tertiary/aromatic N) is 4. The van der Waals surface area contributed by atoms with Crippen molar-refractivity contribution in [1.82, 2.24) is 4.90 Å². The maximum absolute atomic E-state index is 12.3. The van der Waals surface area contributed by atoms with Crippen LogP contribution in [0.5, 0.6) is 0 Å². The van der Waals surface area contributed by atoms with Crippen molar-refractivity contribution in [3.05, 3.63) is 40.3 Å². The fourth-order valence-corrected chi connectivity index (χ4v) is 4.11. The second kappa shape index (κ2) is 5.99. The van der Waals surface area contributed by atoms with Crippen molar-refractivity contribution in [2.45, 2.75) is 37.3 Å². The van der Waals surface area contributed by atoms with Crippen LogP contribution in [0.1, 0.15) is 30.7 Å². The molecule has 0 unspecified atom stereocenters. The number of ether oxygens (including phenoxy) is 1. The molecule has 2 heterocycles. The monoisotopic (exact) mass is 300 g/mol. The van der Waals surface area contributed by atoms with Crippen LogP contribution in [-0.4, -0.2) is 37.1 Å². The highest BCUT2D eigenvalue weighted by atomic mass is 16.5. The largest absolute Gasteiger partial charge is 0.469 e. The van der Waals surface area contributed by atoms with Crippen molar-refractivity contribution < 1.29 is 9.53 Å². The van der Waals surface area contributed by atoms with E-state index < -0.39 is 0 Å². The first-order valence-corrected chi connectivity index (χ1v) is 7.60. The standard InChI is InChI=1S/C16H20N4O2/c1-20-12-7-8-14(20)15(16(21)22-2)13(9-12)10-3-5-11(6-4-10)18-19-17/h3-6,12-15H,7-9H2,1-2H3/t12-,13+,14+,15-/m0/s1. The molecule has 2 bridgehead atoms. The van der Waals surface area contributed by atoms with Gasteiger partial charge in [-0.2, -0.15) is 0 Å². The summed E-state index contributed by atoms with van der Waals surface area (Å²) in [5.41, 5.74) is 10.2. The first-order chi connectivity index (χ1) is 10.7. The molecule has 0 aromatic heterocycles. The minimum atomic E-state index is -0.126. The molecule has 4 atom stereocenters. The van der Waals surface area contributed by atoms with Crippen molar-refractivity contribution in [2.24, 2.45) is 11.0 Å². The van der Waals surface area contributed by atoms with Gasteiger partial charge in [-0.3, -0.25) is 9.69 Å². The summed E-state index contributed by atoms with van der Waals surface area (Å²) in [6, 6.07) is 8.35. The molecular weight excluding hydrogens is 280 g/mol. The second-order valence-corrected chi connectivity index (χ2v) is 6.14. The van der Waals surface area contributed by atoms with Crippen molar-refractivity contribution >= 4 is 11.7 Å². The lowest BCUT2D eigenvalue weighted by molar-refractivity contribution is -0.150. The Morgan fingerprint density at radius 1 is 1.36 bits per heavy atom. The van der Waals surface area contributed by atoms with Crippen molar-refractivity contribution in [3.8, 4) is 0 Å². The van der Waals surface area contributed by atoms with Gasteiger partial charge in [0.15, 0.2) is 0 Å². The zero-order valence-corrected chi connectivity index (χ0v) is 12.8. The molecule has 0 saturated carbocycles. The molecule has 2 saturated heterocycles. The third-order valence-corrected chi connectivity index (χ3v) is 5.22. The van der Waals surface area contributed by atoms with E-state index in [2.05, 4.69) is 22.0 Å². The van der Waals surface area contributed by atoms with Crippen LogP contribution in [0.3, 0.4) is 0 Å². The van der Waals surface area contributed by atoms with Crippen LogP contribution >= 0.6 is 0 Å². The van der Waals surface area contributed by atoms with Crippen LogP contribution in [0, 0.1) is 5.92 Å². The number of rotatable bonds is 3. The fraction of sp³-hybridized carbons (Fsp3) is 0.562. The molecule has 0 radical (unpaired) electrons. The molecule has 0 amide bonds. The highest BCUT2D eigenvalue weighted by Gasteiger charge is 2.49. The molecule has 0 spiro atoms. The SMILES string of the molecule is COC(=O)[C@H]1[C@@H](c2ccc(N=[N+]=[N-])cc2)C[C@@H]2CC[C@H]1N2C. The number of azide groups is 1. The Morgan fingerprint density at radius 3 is 2.73 bits per heavy atom. The van der Waals surface area contributed by atoms with Gasteiger partial charge in [0.1, 0.15) is 0 Å². The number of fused-ring (bicyclic) bond motifs is 2. The summed E-state index contributed by atoms with van der Waals surface area (Å²) in [5, 5.41) is 3.60. The minimum Gasteiger partial charge on any atom is -0.469 e. The van der Waals surface area contributed by atoms with E-state index in [1.165, 1.54) is 7.11 Å². The van der Waals surface area contributed by atoms with Crippen LogP contribution in [0.2, 0.25) is 0 Å². The molecule has 2 aliphatic heterocycles. The fourth-order valence-electron chi connectivity index (χ4n) is 4.11. The topological polar surface area (TPSA) is 78.3 Å². The zero-order chi connectivity index (χ0) is 15.7. The maximum Gasteiger partial charge on any atom is 0.310 e. The van der Waals surface area contributed by atoms with Crippen molar-refractivity contribution in [2.75, 3.05) is 14.2 Å². The lowest BCUT2D eigenvalue weighted by Gasteiger charge is -2.41. The number of piperidine rings is 1. The summed E-state index contributed by atoms with van der Waals surface area (Å²) < 4.78 is 5.07. The van der Waals surface area contributed by atoms with E-state index in [4.69, 9.17) is 10.3 Å². The number of methoxy groups -OCH3 is 1. The Labute approximate surface area is 129 Å². The number of carbonyl (C=O) groups excluding carboxylic acids is 1. The first kappa shape index (κ1) is 14.9. The second-order valence-electron chi connectivity index (χ2n) is 6.14. The molecule has 6 nitrogen and oxygen atoms in total. The van der Waals surface area contributed by atoms with Crippen LogP contribution in [0.25, 0.3) is 10.4 Å². The number of hydrogen-bond acceptors (Lipinski definition) is 4. The lowest BCUT2D eigenvalue weighted by atomic mass is 9.76. The Hall–Kier alpha value is -2.04. The summed E-state index contributed by atoms with van der Waals surface area (Å²) in [6.45, 7) is 0. The lowest BCUT2D eigenvalue weighted by Crippen LogP contribution is -2.49. The molecule has 6 heteroatoms. The molecule has 2 aliphatic rings. The third-order valence-electron chi connectivity index (χ3n) is 5.22. The van der Waals surface area contributed by atoms with Gasteiger partial charge in [-0.25, -0.2) is 0 Å². The van der Waals surface area contributed by atoms with Crippen LogP contribution < -0.4 is 0 Å². The Kier molecular flexibility index (Phi) is 4.05. The van der Waals surface area contributed by atoms with Crippen LogP contribution in [-0.2, 0) is 9.53 Å². The minimum absolute atomic E-state index is 0.124. The van der Waals surface area contributed by atoms with Crippen LogP contribution in [0.4, 0.5) is 5.69 Å². The molecule has 0 N–H and O–H groups in total. The van der Waals surface area contributed by atoms with E-state index in [-0.39, 0.29) is 23.8 Å². The Balaban J connectivity index is 1.93. The summed E-state index contributed by atoms with van der Waals surface area (Å²) in [6.07, 6.45) is 3.16. The van der Waals surface area contributed by atoms with Gasteiger partial charge in [-0.05, 0) is 37.4 Å². The van der Waals surface area contributed by atoms with Crippen LogP contribution in [0.15, 0.2) is 29.4 Å². The van der Waals surface area contributed by atoms with E-state index in [9.17, 15) is 4.79 Å². The summed E-state index contributed by atoms with van der Waals surface area (Å²) in [4.78, 5) is 17.5. The number of benzene rings is 1. The number of hydrogen-bond donors (Lipinski definition) is 0. The van der Waals surface area contributed by atoms with Gasteiger partial charge in [0.05, 0.1) is 13.0 Å². The van der Waals surface area contributed by atoms with E-state index in [1.807, 2.05) is 24.3 Å². The highest BCUT2D eigenvalue weighted by molar-refractivity contribution is 5.75. The van der Waals surface area contributed by atoms with E-state index in [1.54, 1.807) is 0 Å². The zero-order valence-electron chi connectivity index (χ0n) is 12.8. The van der Waals surface area contributed by atoms with Gasteiger partial charge in [0, 0.05) is 28.6 Å². The predicted octanol–water partition coefficient (Wildman–Crippen LogP) is 3.37. The van der Waals surface area contributed by atoms with Gasteiger partial charge in [0.2, 0.25) is 0 Å². The van der Waals surface area contributed by atoms with Gasteiger partial charge < -0.3 is 4.74 Å².